The highest BCUT2D eigenvalue weighted by Gasteiger charge is 2.33. The van der Waals surface area contributed by atoms with E-state index in [0.717, 1.165) is 27.7 Å². The molecule has 0 aliphatic carbocycles. The molecule has 0 amide bonds. The van der Waals surface area contributed by atoms with Crippen molar-refractivity contribution in [2.24, 2.45) is 0 Å². The molecule has 0 spiro atoms. The molecule has 0 radical (unpaired) electrons. The second-order valence-corrected chi connectivity index (χ2v) is 8.02. The van der Waals surface area contributed by atoms with E-state index >= 15 is 0 Å². The molecule has 6 heteroatoms. The average Bonchev–Trinajstić information content (AvgIpc) is 2.85. The van der Waals surface area contributed by atoms with Gasteiger partial charge in [-0.1, -0.05) is 72.8 Å². The summed E-state index contributed by atoms with van der Waals surface area (Å²) >= 11 is 0. The highest BCUT2D eigenvalue weighted by molar-refractivity contribution is 6.00. The number of nitro groups is 1. The van der Waals surface area contributed by atoms with Crippen molar-refractivity contribution in [3.05, 3.63) is 124 Å². The van der Waals surface area contributed by atoms with E-state index < -0.39 is 5.92 Å². The number of rotatable bonds is 6. The van der Waals surface area contributed by atoms with Gasteiger partial charge in [0.25, 0.3) is 0 Å². The number of carbonyl (C=O) groups is 1. The van der Waals surface area contributed by atoms with Crippen LogP contribution in [0.3, 0.4) is 0 Å². The molecule has 0 fully saturated rings. The van der Waals surface area contributed by atoms with E-state index in [2.05, 4.69) is 0 Å². The molecule has 1 aliphatic heterocycles. The lowest BCUT2D eigenvalue weighted by atomic mass is 9.85. The molecule has 33 heavy (non-hydrogen) atoms. The average molecular weight is 435 g/mol. The lowest BCUT2D eigenvalue weighted by molar-refractivity contribution is -0.481. The molecule has 0 unspecified atom stereocenters. The fourth-order valence-corrected chi connectivity index (χ4v) is 4.36. The molecular formula is C27H21N3O3. The van der Waals surface area contributed by atoms with Crippen molar-refractivity contribution in [3.8, 4) is 0 Å². The summed E-state index contributed by atoms with van der Waals surface area (Å²) in [6, 6.07) is 28.4. The van der Waals surface area contributed by atoms with Crippen molar-refractivity contribution in [1.29, 1.82) is 0 Å². The van der Waals surface area contributed by atoms with Crippen LogP contribution in [0.1, 0.15) is 27.5 Å². The zero-order valence-corrected chi connectivity index (χ0v) is 17.8. The second-order valence-electron chi connectivity index (χ2n) is 8.02. The maximum Gasteiger partial charge on any atom is 0.214 e. The Morgan fingerprint density at radius 1 is 0.909 bits per heavy atom. The van der Waals surface area contributed by atoms with Gasteiger partial charge in [0.15, 0.2) is 5.78 Å². The highest BCUT2D eigenvalue weighted by Crippen LogP contribution is 2.42. The maximum absolute atomic E-state index is 13.0. The van der Waals surface area contributed by atoms with E-state index in [1.165, 1.54) is 0 Å². The first-order chi connectivity index (χ1) is 16.1. The Labute approximate surface area is 191 Å². The standard InChI is InChI=1S/C27H21N3O3/c31-27(20-9-2-1-3-10-20)18-29-16-23(25-15-14-19-8-4-6-12-24(19)28-25)22(17-30(32)33)21-11-5-7-13-26(21)29/h1-16,22H,17-18H2/t22-/m1/s1. The normalized spacial score (nSPS) is 15.1. The third-order valence-electron chi connectivity index (χ3n) is 5.93. The highest BCUT2D eigenvalue weighted by atomic mass is 16.6. The van der Waals surface area contributed by atoms with Gasteiger partial charge in [0.2, 0.25) is 6.54 Å². The predicted octanol–water partition coefficient (Wildman–Crippen LogP) is 5.34. The van der Waals surface area contributed by atoms with Gasteiger partial charge in [-0.15, -0.1) is 0 Å². The topological polar surface area (TPSA) is 76.3 Å². The van der Waals surface area contributed by atoms with E-state index in [1.54, 1.807) is 12.1 Å². The van der Waals surface area contributed by atoms with Crippen LogP contribution in [0.25, 0.3) is 16.5 Å². The molecule has 1 aromatic heterocycles. The van der Waals surface area contributed by atoms with E-state index in [1.807, 2.05) is 90.0 Å². The fourth-order valence-electron chi connectivity index (χ4n) is 4.36. The first kappa shape index (κ1) is 20.6. The number of nitrogens with zero attached hydrogens (tertiary/aromatic N) is 3. The molecular weight excluding hydrogens is 414 g/mol. The Kier molecular flexibility index (Phi) is 5.40. The number of ketones is 1. The molecule has 1 atom stereocenters. The summed E-state index contributed by atoms with van der Waals surface area (Å²) in [5.41, 5.74) is 4.48. The van der Waals surface area contributed by atoms with E-state index in [0.29, 0.717) is 11.3 Å². The Morgan fingerprint density at radius 2 is 1.64 bits per heavy atom. The molecule has 162 valence electrons. The SMILES string of the molecule is O=C(CN1C=C(c2ccc3ccccc3n2)[C@H](C[N+](=O)[O-])c2ccccc21)c1ccccc1. The Balaban J connectivity index is 1.62. The molecule has 5 rings (SSSR count). The van der Waals surface area contributed by atoms with Crippen molar-refractivity contribution < 1.29 is 9.72 Å². The van der Waals surface area contributed by atoms with Crippen molar-refractivity contribution in [1.82, 2.24) is 4.98 Å². The summed E-state index contributed by atoms with van der Waals surface area (Å²) in [5, 5.41) is 12.6. The summed E-state index contributed by atoms with van der Waals surface area (Å²) in [5.74, 6) is -0.492. The number of hydrogen-bond acceptors (Lipinski definition) is 5. The number of carbonyl (C=O) groups excluding carboxylic acids is 1. The minimum absolute atomic E-state index is 0.0276. The quantitative estimate of drug-likeness (QED) is 0.232. The third kappa shape index (κ3) is 4.11. The van der Waals surface area contributed by atoms with Crippen LogP contribution in [0.5, 0.6) is 0 Å². The van der Waals surface area contributed by atoms with Crippen molar-refractivity contribution >= 4 is 27.9 Å². The molecule has 0 N–H and O–H groups in total. The fraction of sp³-hybridized carbons (Fsp3) is 0.111. The van der Waals surface area contributed by atoms with E-state index in [9.17, 15) is 14.9 Å². The molecule has 0 bridgehead atoms. The van der Waals surface area contributed by atoms with Crippen LogP contribution < -0.4 is 4.90 Å². The minimum Gasteiger partial charge on any atom is -0.340 e. The van der Waals surface area contributed by atoms with Crippen LogP contribution in [-0.4, -0.2) is 28.8 Å². The molecule has 3 aromatic carbocycles. The van der Waals surface area contributed by atoms with Crippen molar-refractivity contribution in [3.63, 3.8) is 0 Å². The molecule has 4 aromatic rings. The zero-order valence-electron chi connectivity index (χ0n) is 17.8. The molecule has 0 saturated carbocycles. The first-order valence-electron chi connectivity index (χ1n) is 10.7. The van der Waals surface area contributed by atoms with Crippen LogP contribution in [0, 0.1) is 10.1 Å². The predicted molar refractivity (Wildman–Crippen MR) is 129 cm³/mol. The number of fused-ring (bicyclic) bond motifs is 2. The van der Waals surface area contributed by atoms with Crippen LogP contribution in [0.2, 0.25) is 0 Å². The molecule has 6 nitrogen and oxygen atoms in total. The van der Waals surface area contributed by atoms with Crippen LogP contribution >= 0.6 is 0 Å². The Morgan fingerprint density at radius 3 is 2.45 bits per heavy atom. The number of Topliss-reactive ketones (excluding diaryl/α,β-unsaturated/α-hetero) is 1. The number of hydrogen-bond donors (Lipinski definition) is 0. The van der Waals surface area contributed by atoms with Crippen LogP contribution in [0.15, 0.2) is 97.2 Å². The molecule has 1 aliphatic rings. The Hall–Kier alpha value is -4.32. The number of aromatic nitrogens is 1. The van der Waals surface area contributed by atoms with Gasteiger partial charge in [-0.05, 0) is 23.8 Å². The van der Waals surface area contributed by atoms with E-state index in [-0.39, 0.29) is 23.8 Å². The van der Waals surface area contributed by atoms with Gasteiger partial charge in [-0.2, -0.15) is 0 Å². The van der Waals surface area contributed by atoms with Gasteiger partial charge in [0.05, 0.1) is 23.7 Å². The summed E-state index contributed by atoms with van der Waals surface area (Å²) in [7, 11) is 0. The summed E-state index contributed by atoms with van der Waals surface area (Å²) in [6.45, 7) is -0.124. The monoisotopic (exact) mass is 435 g/mol. The zero-order chi connectivity index (χ0) is 22.8. The van der Waals surface area contributed by atoms with Crippen molar-refractivity contribution in [2.75, 3.05) is 18.0 Å². The van der Waals surface area contributed by atoms with Crippen LogP contribution in [-0.2, 0) is 0 Å². The third-order valence-corrected chi connectivity index (χ3v) is 5.93. The maximum atomic E-state index is 13.0. The van der Waals surface area contributed by atoms with Gasteiger partial charge < -0.3 is 4.90 Å². The number of benzene rings is 3. The first-order valence-corrected chi connectivity index (χ1v) is 10.7. The molecule has 0 saturated heterocycles. The number of anilines is 1. The lowest BCUT2D eigenvalue weighted by Gasteiger charge is -2.32. The smallest absolute Gasteiger partial charge is 0.214 e. The minimum atomic E-state index is -0.465. The second kappa shape index (κ2) is 8.67. The van der Waals surface area contributed by atoms with E-state index in [4.69, 9.17) is 4.98 Å². The van der Waals surface area contributed by atoms with Crippen LogP contribution in [0.4, 0.5) is 5.69 Å². The summed E-state index contributed by atoms with van der Waals surface area (Å²) in [6.07, 6.45) is 1.86. The Bertz CT molecular complexity index is 1380. The summed E-state index contributed by atoms with van der Waals surface area (Å²) in [4.78, 5) is 31.0. The number of para-hydroxylation sites is 2. The largest absolute Gasteiger partial charge is 0.340 e. The van der Waals surface area contributed by atoms with Gasteiger partial charge in [0, 0.05) is 33.3 Å². The number of pyridine rings is 1. The summed E-state index contributed by atoms with van der Waals surface area (Å²) < 4.78 is 0. The molecule has 2 heterocycles. The van der Waals surface area contributed by atoms with Gasteiger partial charge >= 0.3 is 0 Å². The van der Waals surface area contributed by atoms with Gasteiger partial charge in [0.1, 0.15) is 0 Å². The van der Waals surface area contributed by atoms with Gasteiger partial charge in [-0.3, -0.25) is 14.9 Å². The lowest BCUT2D eigenvalue weighted by Crippen LogP contribution is -2.31. The van der Waals surface area contributed by atoms with Gasteiger partial charge in [-0.25, -0.2) is 4.98 Å². The van der Waals surface area contributed by atoms with Crippen molar-refractivity contribution in [2.45, 2.75) is 5.92 Å².